The largest absolute Gasteiger partial charge is 0.497 e. The zero-order valence-corrected chi connectivity index (χ0v) is 12.8. The Morgan fingerprint density at radius 1 is 1.47 bits per heavy atom. The van der Waals surface area contributed by atoms with Crippen molar-refractivity contribution in [1.29, 1.82) is 0 Å². The van der Waals surface area contributed by atoms with E-state index in [-0.39, 0.29) is 11.3 Å². The van der Waals surface area contributed by atoms with Crippen molar-refractivity contribution in [1.82, 2.24) is 5.32 Å². The molecule has 106 valence electrons. The lowest BCUT2D eigenvalue weighted by molar-refractivity contribution is 0.413. The summed E-state index contributed by atoms with van der Waals surface area (Å²) in [6.45, 7) is 2.14. The van der Waals surface area contributed by atoms with E-state index in [1.165, 1.54) is 11.1 Å². The van der Waals surface area contributed by atoms with E-state index in [1.54, 1.807) is 7.11 Å². The first kappa shape index (κ1) is 14.5. The number of ether oxygens (including phenoxy) is 1. The highest BCUT2D eigenvalue weighted by Gasteiger charge is 2.35. The molecule has 1 N–H and O–H groups in total. The number of hydrogen-bond acceptors (Lipinski definition) is 3. The second-order valence-electron chi connectivity index (χ2n) is 5.01. The molecular weight excluding hydrogens is 258 g/mol. The van der Waals surface area contributed by atoms with Crippen LogP contribution in [0.2, 0.25) is 0 Å². The monoisotopic (exact) mass is 281 g/mol. The molecule has 3 unspecified atom stereocenters. The van der Waals surface area contributed by atoms with Gasteiger partial charge in [-0.3, -0.25) is 4.21 Å². The van der Waals surface area contributed by atoms with Crippen LogP contribution in [-0.4, -0.2) is 29.4 Å². The van der Waals surface area contributed by atoms with Crippen molar-refractivity contribution >= 4 is 10.8 Å². The molecule has 1 aliphatic rings. The first-order valence-corrected chi connectivity index (χ1v) is 8.30. The standard InChI is InChI=1S/C15H23NO2S/c1-4-5-8-19(17)14-9-11-6-7-12(18-3)10-13(11)15(14)16-2/h6-7,10,14-16H,4-5,8-9H2,1-3H3. The van der Waals surface area contributed by atoms with E-state index in [2.05, 4.69) is 24.4 Å². The maximum absolute atomic E-state index is 12.4. The lowest BCUT2D eigenvalue weighted by Gasteiger charge is -2.19. The third kappa shape index (κ3) is 3.00. The van der Waals surface area contributed by atoms with Crippen LogP contribution in [0.1, 0.15) is 36.9 Å². The van der Waals surface area contributed by atoms with E-state index in [0.29, 0.717) is 0 Å². The lowest BCUT2D eigenvalue weighted by atomic mass is 10.1. The van der Waals surface area contributed by atoms with Gasteiger partial charge in [-0.2, -0.15) is 0 Å². The van der Waals surface area contributed by atoms with E-state index < -0.39 is 10.8 Å². The fraction of sp³-hybridized carbons (Fsp3) is 0.600. The predicted molar refractivity (Wildman–Crippen MR) is 80.2 cm³/mol. The Kier molecular flexibility index (Phi) is 4.99. The van der Waals surface area contributed by atoms with Gasteiger partial charge in [-0.1, -0.05) is 19.4 Å². The van der Waals surface area contributed by atoms with Gasteiger partial charge >= 0.3 is 0 Å². The summed E-state index contributed by atoms with van der Waals surface area (Å²) in [5, 5.41) is 3.52. The Labute approximate surface area is 118 Å². The summed E-state index contributed by atoms with van der Waals surface area (Å²) in [6, 6.07) is 6.36. The van der Waals surface area contributed by atoms with E-state index in [1.807, 2.05) is 13.1 Å². The predicted octanol–water partition coefficient (Wildman–Crippen LogP) is 2.43. The minimum absolute atomic E-state index is 0.183. The van der Waals surface area contributed by atoms with Gasteiger partial charge in [0, 0.05) is 22.6 Å². The van der Waals surface area contributed by atoms with Crippen LogP contribution in [0.25, 0.3) is 0 Å². The number of benzene rings is 1. The van der Waals surface area contributed by atoms with Crippen LogP contribution in [-0.2, 0) is 17.2 Å². The molecule has 0 radical (unpaired) electrons. The van der Waals surface area contributed by atoms with Gasteiger partial charge in [0.2, 0.25) is 0 Å². The van der Waals surface area contributed by atoms with Crippen LogP contribution in [0.15, 0.2) is 18.2 Å². The topological polar surface area (TPSA) is 38.3 Å². The van der Waals surface area contributed by atoms with Crippen LogP contribution in [0, 0.1) is 0 Å². The molecule has 0 aliphatic heterocycles. The van der Waals surface area contributed by atoms with E-state index in [4.69, 9.17) is 4.74 Å². The minimum Gasteiger partial charge on any atom is -0.497 e. The van der Waals surface area contributed by atoms with E-state index in [9.17, 15) is 4.21 Å². The summed E-state index contributed by atoms with van der Waals surface area (Å²) in [7, 11) is 2.87. The summed E-state index contributed by atoms with van der Waals surface area (Å²) in [6.07, 6.45) is 3.05. The summed E-state index contributed by atoms with van der Waals surface area (Å²) in [4.78, 5) is 0. The van der Waals surface area contributed by atoms with Crippen molar-refractivity contribution in [2.75, 3.05) is 19.9 Å². The molecule has 0 heterocycles. The molecule has 1 aromatic carbocycles. The molecule has 1 aromatic rings. The lowest BCUT2D eigenvalue weighted by Crippen LogP contribution is -2.30. The van der Waals surface area contributed by atoms with Crippen LogP contribution in [0.3, 0.4) is 0 Å². The second-order valence-corrected chi connectivity index (χ2v) is 6.79. The second kappa shape index (κ2) is 6.53. The summed E-state index contributed by atoms with van der Waals surface area (Å²) in [5.41, 5.74) is 2.55. The number of unbranched alkanes of at least 4 members (excludes halogenated alkanes) is 1. The fourth-order valence-corrected chi connectivity index (χ4v) is 4.56. The zero-order chi connectivity index (χ0) is 13.8. The minimum atomic E-state index is -0.763. The molecule has 0 saturated heterocycles. The van der Waals surface area contributed by atoms with Gasteiger partial charge in [-0.25, -0.2) is 0 Å². The third-order valence-corrected chi connectivity index (χ3v) is 5.63. The number of rotatable bonds is 6. The van der Waals surface area contributed by atoms with Gasteiger partial charge in [0.1, 0.15) is 5.75 Å². The number of methoxy groups -OCH3 is 1. The number of nitrogens with one attached hydrogen (secondary N) is 1. The smallest absolute Gasteiger partial charge is 0.119 e. The van der Waals surface area contributed by atoms with Crippen molar-refractivity contribution < 1.29 is 8.95 Å². The van der Waals surface area contributed by atoms with Gasteiger partial charge in [-0.15, -0.1) is 0 Å². The molecule has 0 fully saturated rings. The Morgan fingerprint density at radius 2 is 2.26 bits per heavy atom. The fourth-order valence-electron chi connectivity index (χ4n) is 2.73. The molecular formula is C15H23NO2S. The molecule has 19 heavy (non-hydrogen) atoms. The quantitative estimate of drug-likeness (QED) is 0.870. The number of hydrogen-bond donors (Lipinski definition) is 1. The van der Waals surface area contributed by atoms with Crippen molar-refractivity contribution in [3.8, 4) is 5.75 Å². The summed E-state index contributed by atoms with van der Waals surface area (Å²) in [5.74, 6) is 1.68. The first-order chi connectivity index (χ1) is 9.21. The zero-order valence-electron chi connectivity index (χ0n) is 11.9. The third-order valence-electron chi connectivity index (χ3n) is 3.83. The van der Waals surface area contributed by atoms with Gasteiger partial charge in [0.05, 0.1) is 12.4 Å². The van der Waals surface area contributed by atoms with E-state index >= 15 is 0 Å². The van der Waals surface area contributed by atoms with Gasteiger partial charge < -0.3 is 10.1 Å². The van der Waals surface area contributed by atoms with Crippen LogP contribution in [0.5, 0.6) is 5.75 Å². The highest BCUT2D eigenvalue weighted by Crippen LogP contribution is 2.36. The van der Waals surface area contributed by atoms with Gasteiger partial charge in [0.25, 0.3) is 0 Å². The average Bonchev–Trinajstić information content (AvgIpc) is 2.82. The van der Waals surface area contributed by atoms with Crippen LogP contribution >= 0.6 is 0 Å². The summed E-state index contributed by atoms with van der Waals surface area (Å²) >= 11 is 0. The average molecular weight is 281 g/mol. The van der Waals surface area contributed by atoms with Gasteiger partial charge in [0.15, 0.2) is 0 Å². The molecule has 0 bridgehead atoms. The Bertz CT molecular complexity index is 461. The molecule has 2 rings (SSSR count). The molecule has 0 aromatic heterocycles. The highest BCUT2D eigenvalue weighted by molar-refractivity contribution is 7.85. The first-order valence-electron chi connectivity index (χ1n) is 6.92. The van der Waals surface area contributed by atoms with Crippen molar-refractivity contribution in [2.24, 2.45) is 0 Å². The molecule has 3 nitrogen and oxygen atoms in total. The molecule has 0 spiro atoms. The molecule has 1 aliphatic carbocycles. The van der Waals surface area contributed by atoms with Crippen LogP contribution < -0.4 is 10.1 Å². The highest BCUT2D eigenvalue weighted by atomic mass is 32.2. The maximum atomic E-state index is 12.4. The van der Waals surface area contributed by atoms with Crippen molar-refractivity contribution in [3.63, 3.8) is 0 Å². The summed E-state index contributed by atoms with van der Waals surface area (Å²) < 4.78 is 17.7. The van der Waals surface area contributed by atoms with Crippen molar-refractivity contribution in [2.45, 2.75) is 37.5 Å². The maximum Gasteiger partial charge on any atom is 0.119 e. The number of fused-ring (bicyclic) bond motifs is 1. The van der Waals surface area contributed by atoms with Gasteiger partial charge in [-0.05, 0) is 43.1 Å². The molecule has 3 atom stereocenters. The SMILES string of the molecule is CCCCS(=O)C1Cc2ccc(OC)cc2C1NC. The molecule has 0 saturated carbocycles. The normalized spacial score (nSPS) is 23.1. The van der Waals surface area contributed by atoms with E-state index in [0.717, 1.165) is 30.8 Å². The molecule has 4 heteroatoms. The Hall–Kier alpha value is -0.870. The molecule has 0 amide bonds. The van der Waals surface area contributed by atoms with Crippen LogP contribution in [0.4, 0.5) is 0 Å². The Morgan fingerprint density at radius 3 is 2.89 bits per heavy atom. The van der Waals surface area contributed by atoms with Crippen molar-refractivity contribution in [3.05, 3.63) is 29.3 Å². The Balaban J connectivity index is 2.20.